The summed E-state index contributed by atoms with van der Waals surface area (Å²) in [6, 6.07) is 0. The van der Waals surface area contributed by atoms with Crippen LogP contribution in [-0.4, -0.2) is 43.6 Å². The van der Waals surface area contributed by atoms with E-state index in [-0.39, 0.29) is 11.9 Å². The van der Waals surface area contributed by atoms with E-state index in [9.17, 15) is 9.59 Å². The molecule has 0 aliphatic carbocycles. The Balaban J connectivity index is 2.65. The topological polar surface area (TPSA) is 55.8 Å². The van der Waals surface area contributed by atoms with Gasteiger partial charge in [-0.3, -0.25) is 4.79 Å². The standard InChI is InChI=1S/C14H23NO4/c1-3-19-14(17)11-12-7-5-4-6-9-15(12)10-8-13(16)18-2/h11H,3-10H2,1-2H3/b12-11+. The van der Waals surface area contributed by atoms with E-state index >= 15 is 0 Å². The maximum absolute atomic E-state index is 11.5. The lowest BCUT2D eigenvalue weighted by molar-refractivity contribution is -0.140. The van der Waals surface area contributed by atoms with Crippen molar-refractivity contribution in [2.45, 2.75) is 39.0 Å². The highest BCUT2D eigenvalue weighted by molar-refractivity contribution is 5.82. The molecule has 1 rings (SSSR count). The van der Waals surface area contributed by atoms with Gasteiger partial charge in [0.05, 0.1) is 20.1 Å². The van der Waals surface area contributed by atoms with E-state index < -0.39 is 0 Å². The van der Waals surface area contributed by atoms with E-state index in [4.69, 9.17) is 4.74 Å². The van der Waals surface area contributed by atoms with Crippen molar-refractivity contribution in [1.29, 1.82) is 0 Å². The Bertz CT molecular complexity index is 338. The number of rotatable bonds is 5. The second-order valence-electron chi connectivity index (χ2n) is 4.51. The second-order valence-corrected chi connectivity index (χ2v) is 4.51. The van der Waals surface area contributed by atoms with Gasteiger partial charge in [-0.25, -0.2) is 4.79 Å². The van der Waals surface area contributed by atoms with Crippen molar-refractivity contribution in [2.75, 3.05) is 26.8 Å². The van der Waals surface area contributed by atoms with Crippen LogP contribution >= 0.6 is 0 Å². The third-order valence-corrected chi connectivity index (χ3v) is 3.15. The Hall–Kier alpha value is -1.52. The van der Waals surface area contributed by atoms with E-state index in [2.05, 4.69) is 9.64 Å². The summed E-state index contributed by atoms with van der Waals surface area (Å²) in [4.78, 5) is 24.9. The zero-order valence-corrected chi connectivity index (χ0v) is 11.8. The highest BCUT2D eigenvalue weighted by Gasteiger charge is 2.16. The van der Waals surface area contributed by atoms with Crippen molar-refractivity contribution < 1.29 is 19.1 Å². The van der Waals surface area contributed by atoms with Gasteiger partial charge in [-0.05, 0) is 26.2 Å². The number of hydrogen-bond donors (Lipinski definition) is 0. The largest absolute Gasteiger partial charge is 0.469 e. The Kier molecular flexibility index (Phi) is 7.00. The van der Waals surface area contributed by atoms with Crippen molar-refractivity contribution in [3.63, 3.8) is 0 Å². The Morgan fingerprint density at radius 1 is 1.32 bits per heavy atom. The predicted octanol–water partition coefficient (Wildman–Crippen LogP) is 1.87. The first-order valence-corrected chi connectivity index (χ1v) is 6.86. The summed E-state index contributed by atoms with van der Waals surface area (Å²) < 4.78 is 9.60. The molecule has 0 aromatic heterocycles. The Labute approximate surface area is 114 Å². The van der Waals surface area contributed by atoms with Crippen LogP contribution in [0.3, 0.4) is 0 Å². The smallest absolute Gasteiger partial charge is 0.332 e. The van der Waals surface area contributed by atoms with Crippen molar-refractivity contribution in [3.05, 3.63) is 11.8 Å². The van der Waals surface area contributed by atoms with Crippen molar-refractivity contribution in [3.8, 4) is 0 Å². The van der Waals surface area contributed by atoms with Crippen LogP contribution in [0.2, 0.25) is 0 Å². The lowest BCUT2D eigenvalue weighted by atomic mass is 10.2. The molecule has 0 bridgehead atoms. The molecule has 0 unspecified atom stereocenters. The van der Waals surface area contributed by atoms with Crippen LogP contribution < -0.4 is 0 Å². The van der Waals surface area contributed by atoms with Crippen LogP contribution in [0.15, 0.2) is 11.8 Å². The molecule has 0 spiro atoms. The zero-order chi connectivity index (χ0) is 14.1. The third-order valence-electron chi connectivity index (χ3n) is 3.15. The summed E-state index contributed by atoms with van der Waals surface area (Å²) in [5.41, 5.74) is 0.972. The van der Waals surface area contributed by atoms with Gasteiger partial charge in [0.15, 0.2) is 0 Å². The molecule has 0 aromatic carbocycles. The molecular formula is C14H23NO4. The number of hydrogen-bond acceptors (Lipinski definition) is 5. The summed E-state index contributed by atoms with van der Waals surface area (Å²) in [5, 5.41) is 0. The predicted molar refractivity (Wildman–Crippen MR) is 71.4 cm³/mol. The van der Waals surface area contributed by atoms with Gasteiger partial charge >= 0.3 is 11.9 Å². The van der Waals surface area contributed by atoms with Gasteiger partial charge in [-0.15, -0.1) is 0 Å². The molecule has 1 heterocycles. The molecule has 5 heteroatoms. The van der Waals surface area contributed by atoms with Crippen molar-refractivity contribution in [1.82, 2.24) is 4.90 Å². The van der Waals surface area contributed by atoms with Gasteiger partial charge in [0.1, 0.15) is 0 Å². The number of nitrogens with zero attached hydrogens (tertiary/aromatic N) is 1. The van der Waals surface area contributed by atoms with E-state index in [1.165, 1.54) is 7.11 Å². The fourth-order valence-corrected chi connectivity index (χ4v) is 2.15. The van der Waals surface area contributed by atoms with E-state index in [0.717, 1.165) is 37.9 Å². The summed E-state index contributed by atoms with van der Waals surface area (Å²) in [5.74, 6) is -0.526. The highest BCUT2D eigenvalue weighted by Crippen LogP contribution is 2.20. The average Bonchev–Trinajstić information content (AvgIpc) is 2.61. The normalized spacial score (nSPS) is 18.0. The first-order chi connectivity index (χ1) is 9.17. The molecule has 0 aromatic rings. The second kappa shape index (κ2) is 8.56. The summed E-state index contributed by atoms with van der Waals surface area (Å²) in [6.45, 7) is 3.64. The van der Waals surface area contributed by atoms with Gasteiger partial charge in [-0.2, -0.15) is 0 Å². The third kappa shape index (κ3) is 5.77. The first kappa shape index (κ1) is 15.5. The minimum Gasteiger partial charge on any atom is -0.469 e. The molecule has 0 N–H and O–H groups in total. The van der Waals surface area contributed by atoms with Gasteiger partial charge in [-0.1, -0.05) is 6.42 Å². The molecule has 0 radical (unpaired) electrons. The maximum Gasteiger partial charge on any atom is 0.332 e. The summed E-state index contributed by atoms with van der Waals surface area (Å²) >= 11 is 0. The molecule has 0 amide bonds. The lowest BCUT2D eigenvalue weighted by Crippen LogP contribution is -2.27. The molecule has 1 aliphatic rings. The SMILES string of the molecule is CCOC(=O)/C=C1\CCCCCN1CCC(=O)OC. The Morgan fingerprint density at radius 2 is 2.11 bits per heavy atom. The quantitative estimate of drug-likeness (QED) is 0.563. The molecule has 0 saturated carbocycles. The van der Waals surface area contributed by atoms with Crippen molar-refractivity contribution >= 4 is 11.9 Å². The number of ether oxygens (including phenoxy) is 2. The number of carbonyl (C=O) groups excluding carboxylic acids is 2. The molecule has 1 aliphatic heterocycles. The van der Waals surface area contributed by atoms with Crippen LogP contribution in [-0.2, 0) is 19.1 Å². The van der Waals surface area contributed by atoms with E-state index in [1.54, 1.807) is 13.0 Å². The number of methoxy groups -OCH3 is 1. The first-order valence-electron chi connectivity index (χ1n) is 6.86. The van der Waals surface area contributed by atoms with Crippen LogP contribution in [0, 0.1) is 0 Å². The van der Waals surface area contributed by atoms with Gasteiger partial charge in [0, 0.05) is 24.9 Å². The molecular weight excluding hydrogens is 246 g/mol. The van der Waals surface area contributed by atoms with Crippen LogP contribution in [0.1, 0.15) is 39.0 Å². The molecule has 1 fully saturated rings. The number of esters is 2. The summed E-state index contributed by atoms with van der Waals surface area (Å²) in [7, 11) is 1.39. The van der Waals surface area contributed by atoms with Crippen LogP contribution in [0.5, 0.6) is 0 Å². The highest BCUT2D eigenvalue weighted by atomic mass is 16.5. The molecule has 5 nitrogen and oxygen atoms in total. The molecule has 0 atom stereocenters. The molecule has 1 saturated heterocycles. The van der Waals surface area contributed by atoms with Gasteiger partial charge in [0.2, 0.25) is 0 Å². The lowest BCUT2D eigenvalue weighted by Gasteiger charge is -2.24. The fraction of sp³-hybridized carbons (Fsp3) is 0.714. The molecule has 19 heavy (non-hydrogen) atoms. The minimum atomic E-state index is -0.303. The monoisotopic (exact) mass is 269 g/mol. The van der Waals surface area contributed by atoms with Crippen molar-refractivity contribution in [2.24, 2.45) is 0 Å². The van der Waals surface area contributed by atoms with Gasteiger partial charge < -0.3 is 14.4 Å². The Morgan fingerprint density at radius 3 is 2.79 bits per heavy atom. The van der Waals surface area contributed by atoms with E-state index in [1.807, 2.05) is 0 Å². The maximum atomic E-state index is 11.5. The zero-order valence-electron chi connectivity index (χ0n) is 11.8. The average molecular weight is 269 g/mol. The van der Waals surface area contributed by atoms with Crippen LogP contribution in [0.4, 0.5) is 0 Å². The van der Waals surface area contributed by atoms with Gasteiger partial charge in [0.25, 0.3) is 0 Å². The fourth-order valence-electron chi connectivity index (χ4n) is 2.15. The van der Waals surface area contributed by atoms with Crippen LogP contribution in [0.25, 0.3) is 0 Å². The number of carbonyl (C=O) groups is 2. The summed E-state index contributed by atoms with van der Waals surface area (Å²) in [6.07, 6.45) is 6.07. The number of likely N-dealkylation sites (tertiary alicyclic amines) is 1. The number of allylic oxidation sites excluding steroid dienone is 1. The molecule has 108 valence electrons. The minimum absolute atomic E-state index is 0.222. The van der Waals surface area contributed by atoms with E-state index in [0.29, 0.717) is 19.6 Å².